The van der Waals surface area contributed by atoms with Gasteiger partial charge < -0.3 is 9.30 Å². The molecule has 0 radical (unpaired) electrons. The lowest BCUT2D eigenvalue weighted by Crippen LogP contribution is -2.01. The summed E-state index contributed by atoms with van der Waals surface area (Å²) in [6.07, 6.45) is 4.32. The molecular formula is C23H24N2O. The SMILES string of the molecule is CCCCn1c(-c2ccccc2)c(C)c2cnc3c(OC)cccc3c21. The number of aryl methyl sites for hydroxylation is 2. The summed E-state index contributed by atoms with van der Waals surface area (Å²) in [6.45, 7) is 5.45. The smallest absolute Gasteiger partial charge is 0.145 e. The van der Waals surface area contributed by atoms with E-state index in [9.17, 15) is 0 Å². The van der Waals surface area contributed by atoms with Crippen LogP contribution in [0.25, 0.3) is 33.1 Å². The maximum absolute atomic E-state index is 5.55. The summed E-state index contributed by atoms with van der Waals surface area (Å²) < 4.78 is 8.03. The second kappa shape index (κ2) is 6.83. The molecule has 2 aromatic heterocycles. The second-order valence-corrected chi connectivity index (χ2v) is 6.72. The Morgan fingerprint density at radius 1 is 1.00 bits per heavy atom. The fourth-order valence-electron chi connectivity index (χ4n) is 3.86. The Bertz CT molecular complexity index is 1060. The lowest BCUT2D eigenvalue weighted by molar-refractivity contribution is 0.419. The number of ether oxygens (including phenoxy) is 1. The van der Waals surface area contributed by atoms with Crippen molar-refractivity contribution >= 4 is 21.8 Å². The topological polar surface area (TPSA) is 27.1 Å². The quantitative estimate of drug-likeness (QED) is 0.446. The largest absolute Gasteiger partial charge is 0.494 e. The van der Waals surface area contributed by atoms with Gasteiger partial charge in [-0.1, -0.05) is 55.8 Å². The molecule has 0 N–H and O–H groups in total. The van der Waals surface area contributed by atoms with Crippen LogP contribution in [0.3, 0.4) is 0 Å². The minimum atomic E-state index is 0.826. The fraction of sp³-hybridized carbons (Fsp3) is 0.261. The van der Waals surface area contributed by atoms with E-state index >= 15 is 0 Å². The minimum absolute atomic E-state index is 0.826. The van der Waals surface area contributed by atoms with Crippen molar-refractivity contribution in [3.8, 4) is 17.0 Å². The van der Waals surface area contributed by atoms with E-state index in [-0.39, 0.29) is 0 Å². The molecule has 0 fully saturated rings. The van der Waals surface area contributed by atoms with Crippen molar-refractivity contribution in [2.24, 2.45) is 0 Å². The molecule has 0 spiro atoms. The van der Waals surface area contributed by atoms with Gasteiger partial charge in [-0.25, -0.2) is 0 Å². The summed E-state index contributed by atoms with van der Waals surface area (Å²) in [6, 6.07) is 16.9. The lowest BCUT2D eigenvalue weighted by Gasteiger charge is -2.13. The van der Waals surface area contributed by atoms with E-state index in [0.717, 1.165) is 29.6 Å². The molecule has 3 nitrogen and oxygen atoms in total. The first-order valence-electron chi connectivity index (χ1n) is 9.26. The van der Waals surface area contributed by atoms with Gasteiger partial charge >= 0.3 is 0 Å². The Morgan fingerprint density at radius 2 is 1.81 bits per heavy atom. The number of para-hydroxylation sites is 1. The molecule has 0 unspecified atom stereocenters. The number of benzene rings is 2. The van der Waals surface area contributed by atoms with E-state index in [4.69, 9.17) is 9.72 Å². The van der Waals surface area contributed by atoms with Crippen LogP contribution in [0.2, 0.25) is 0 Å². The normalized spacial score (nSPS) is 11.3. The van der Waals surface area contributed by atoms with Crippen molar-refractivity contribution in [2.45, 2.75) is 33.2 Å². The predicted octanol–water partition coefficient (Wildman–Crippen LogP) is 5.97. The van der Waals surface area contributed by atoms with Crippen LogP contribution in [0.15, 0.2) is 54.7 Å². The highest BCUT2D eigenvalue weighted by atomic mass is 16.5. The molecule has 0 atom stereocenters. The van der Waals surface area contributed by atoms with Crippen molar-refractivity contribution in [3.05, 3.63) is 60.3 Å². The minimum Gasteiger partial charge on any atom is -0.494 e. The number of hydrogen-bond donors (Lipinski definition) is 0. The van der Waals surface area contributed by atoms with Crippen LogP contribution in [0.4, 0.5) is 0 Å². The number of methoxy groups -OCH3 is 1. The van der Waals surface area contributed by atoms with E-state index in [1.165, 1.54) is 34.1 Å². The summed E-state index contributed by atoms with van der Waals surface area (Å²) in [4.78, 5) is 4.73. The number of unbranched alkanes of at least 4 members (excludes halogenated alkanes) is 1. The Labute approximate surface area is 154 Å². The molecule has 0 aliphatic rings. The number of nitrogens with zero attached hydrogens (tertiary/aromatic N) is 2. The number of fused-ring (bicyclic) bond motifs is 3. The third-order valence-electron chi connectivity index (χ3n) is 5.13. The van der Waals surface area contributed by atoms with Gasteiger partial charge in [0, 0.05) is 23.5 Å². The zero-order chi connectivity index (χ0) is 18.1. The van der Waals surface area contributed by atoms with Crippen LogP contribution in [-0.2, 0) is 6.54 Å². The highest BCUT2D eigenvalue weighted by Gasteiger charge is 2.19. The van der Waals surface area contributed by atoms with Gasteiger partial charge in [-0.15, -0.1) is 0 Å². The predicted molar refractivity (Wildman–Crippen MR) is 109 cm³/mol. The Balaban J connectivity index is 2.12. The maximum Gasteiger partial charge on any atom is 0.145 e. The molecule has 0 aliphatic carbocycles. The van der Waals surface area contributed by atoms with Crippen molar-refractivity contribution in [2.75, 3.05) is 7.11 Å². The first-order valence-corrected chi connectivity index (χ1v) is 9.26. The van der Waals surface area contributed by atoms with Gasteiger partial charge in [0.2, 0.25) is 0 Å². The highest BCUT2D eigenvalue weighted by molar-refractivity contribution is 6.09. The molecule has 132 valence electrons. The van der Waals surface area contributed by atoms with Crippen LogP contribution >= 0.6 is 0 Å². The van der Waals surface area contributed by atoms with Gasteiger partial charge in [-0.2, -0.15) is 0 Å². The third kappa shape index (κ3) is 2.55. The molecule has 26 heavy (non-hydrogen) atoms. The van der Waals surface area contributed by atoms with E-state index < -0.39 is 0 Å². The van der Waals surface area contributed by atoms with Gasteiger partial charge in [-0.3, -0.25) is 4.98 Å². The van der Waals surface area contributed by atoms with Crippen LogP contribution in [0.1, 0.15) is 25.3 Å². The van der Waals surface area contributed by atoms with Gasteiger partial charge in [-0.05, 0) is 30.5 Å². The Hall–Kier alpha value is -2.81. The molecule has 4 rings (SSSR count). The molecule has 0 amide bonds. The van der Waals surface area contributed by atoms with Crippen molar-refractivity contribution < 1.29 is 4.74 Å². The second-order valence-electron chi connectivity index (χ2n) is 6.72. The number of hydrogen-bond acceptors (Lipinski definition) is 2. The molecule has 0 saturated carbocycles. The summed E-state index contributed by atoms with van der Waals surface area (Å²) in [7, 11) is 1.71. The number of aromatic nitrogens is 2. The lowest BCUT2D eigenvalue weighted by atomic mass is 10.1. The van der Waals surface area contributed by atoms with E-state index in [1.54, 1.807) is 7.11 Å². The molecular weight excluding hydrogens is 320 g/mol. The van der Waals surface area contributed by atoms with E-state index in [2.05, 4.69) is 60.9 Å². The molecule has 0 saturated heterocycles. The highest BCUT2D eigenvalue weighted by Crippen LogP contribution is 2.38. The molecule has 3 heteroatoms. The van der Waals surface area contributed by atoms with Crippen molar-refractivity contribution in [1.29, 1.82) is 0 Å². The molecule has 2 aromatic carbocycles. The molecule has 0 aliphatic heterocycles. The summed E-state index contributed by atoms with van der Waals surface area (Å²) in [5, 5.41) is 2.38. The number of rotatable bonds is 5. The van der Waals surface area contributed by atoms with Crippen LogP contribution in [-0.4, -0.2) is 16.7 Å². The summed E-state index contributed by atoms with van der Waals surface area (Å²) >= 11 is 0. The average molecular weight is 344 g/mol. The standard InChI is InChI=1S/C23H24N2O/c1-4-5-14-25-22(17-10-7-6-8-11-17)16(2)19-15-24-21-18(23(19)25)12-9-13-20(21)26-3/h6-13,15H,4-5,14H2,1-3H3. The molecule has 2 heterocycles. The monoisotopic (exact) mass is 344 g/mol. The van der Waals surface area contributed by atoms with Crippen molar-refractivity contribution in [3.63, 3.8) is 0 Å². The van der Waals surface area contributed by atoms with E-state index in [1.807, 2.05) is 12.3 Å². The molecule has 0 bridgehead atoms. The van der Waals surface area contributed by atoms with Gasteiger partial charge in [0.1, 0.15) is 11.3 Å². The van der Waals surface area contributed by atoms with E-state index in [0.29, 0.717) is 0 Å². The van der Waals surface area contributed by atoms with Crippen LogP contribution in [0, 0.1) is 6.92 Å². The first kappa shape index (κ1) is 16.6. The zero-order valence-corrected chi connectivity index (χ0v) is 15.6. The fourth-order valence-corrected chi connectivity index (χ4v) is 3.86. The number of pyridine rings is 1. The average Bonchev–Trinajstić information content (AvgIpc) is 2.98. The van der Waals surface area contributed by atoms with Gasteiger partial charge in [0.05, 0.1) is 18.3 Å². The first-order chi connectivity index (χ1) is 12.8. The van der Waals surface area contributed by atoms with Crippen LogP contribution in [0.5, 0.6) is 5.75 Å². The zero-order valence-electron chi connectivity index (χ0n) is 15.6. The Kier molecular flexibility index (Phi) is 4.37. The maximum atomic E-state index is 5.55. The van der Waals surface area contributed by atoms with Gasteiger partial charge in [0.15, 0.2) is 0 Å². The molecule has 4 aromatic rings. The van der Waals surface area contributed by atoms with Crippen LogP contribution < -0.4 is 4.74 Å². The Morgan fingerprint density at radius 3 is 2.54 bits per heavy atom. The van der Waals surface area contributed by atoms with Crippen molar-refractivity contribution in [1.82, 2.24) is 9.55 Å². The van der Waals surface area contributed by atoms with Gasteiger partial charge in [0.25, 0.3) is 0 Å². The summed E-state index contributed by atoms with van der Waals surface area (Å²) in [5.74, 6) is 0.826. The summed E-state index contributed by atoms with van der Waals surface area (Å²) in [5.41, 5.74) is 6.04. The third-order valence-corrected chi connectivity index (χ3v) is 5.13.